The predicted molar refractivity (Wildman–Crippen MR) is 58.0 cm³/mol. The van der Waals surface area contributed by atoms with E-state index >= 15 is 0 Å². The van der Waals surface area contributed by atoms with Gasteiger partial charge < -0.3 is 0 Å². The fourth-order valence-electron chi connectivity index (χ4n) is 1.45. The van der Waals surface area contributed by atoms with Gasteiger partial charge in [0.25, 0.3) is 0 Å². The minimum absolute atomic E-state index is 0.117. The van der Waals surface area contributed by atoms with Crippen molar-refractivity contribution in [3.8, 4) is 0 Å². The van der Waals surface area contributed by atoms with Crippen molar-refractivity contribution in [2.75, 3.05) is 25.2 Å². The molecule has 0 heterocycles. The predicted octanol–water partition coefficient (Wildman–Crippen LogP) is 2.65. The average Bonchev–Trinajstić information content (AvgIpc) is 2.58. The van der Waals surface area contributed by atoms with Crippen LogP contribution in [0, 0.1) is 5.92 Å². The van der Waals surface area contributed by atoms with Crippen LogP contribution in [0.15, 0.2) is 0 Å². The van der Waals surface area contributed by atoms with Crippen molar-refractivity contribution in [3.05, 3.63) is 0 Å². The molecule has 12 heavy (non-hydrogen) atoms. The van der Waals surface area contributed by atoms with Gasteiger partial charge in [0.2, 0.25) is 0 Å². The van der Waals surface area contributed by atoms with Crippen LogP contribution in [0.3, 0.4) is 0 Å². The van der Waals surface area contributed by atoms with Crippen molar-refractivity contribution in [1.82, 2.24) is 4.90 Å². The van der Waals surface area contributed by atoms with Gasteiger partial charge in [-0.2, -0.15) is 0 Å². The van der Waals surface area contributed by atoms with Gasteiger partial charge in [0.1, 0.15) is 0 Å². The Morgan fingerprint density at radius 1 is 1.67 bits per heavy atom. The highest BCUT2D eigenvalue weighted by Gasteiger charge is 2.48. The van der Waals surface area contributed by atoms with E-state index in [-0.39, 0.29) is 4.87 Å². The summed E-state index contributed by atoms with van der Waals surface area (Å²) in [5, 5.41) is 0. The minimum Gasteiger partial charge on any atom is -0.294 e. The van der Waals surface area contributed by atoms with Crippen molar-refractivity contribution in [2.45, 2.75) is 25.1 Å². The first-order chi connectivity index (χ1) is 5.60. The lowest BCUT2D eigenvalue weighted by atomic mass is 10.3. The highest BCUT2D eigenvalue weighted by atomic mass is 35.5. The Kier molecular flexibility index (Phi) is 3.74. The van der Waals surface area contributed by atoms with E-state index in [4.69, 9.17) is 11.6 Å². The largest absolute Gasteiger partial charge is 0.294 e. The molecule has 3 heteroatoms. The standard InChI is InChI=1S/C9H18ClNS/c1-4-11(7-12-3)6-8-5-9(8,2)10/h8H,4-7H2,1-3H3/t8-,9?/m0/s1. The Hall–Kier alpha value is 0.600. The third-order valence-electron chi connectivity index (χ3n) is 2.57. The Morgan fingerprint density at radius 3 is 2.58 bits per heavy atom. The summed E-state index contributed by atoms with van der Waals surface area (Å²) < 4.78 is 0. The molecule has 1 saturated carbocycles. The van der Waals surface area contributed by atoms with E-state index in [1.165, 1.54) is 13.0 Å². The maximum atomic E-state index is 6.17. The van der Waals surface area contributed by atoms with Crippen LogP contribution in [-0.2, 0) is 0 Å². The van der Waals surface area contributed by atoms with Gasteiger partial charge in [-0.25, -0.2) is 0 Å². The first-order valence-electron chi connectivity index (χ1n) is 4.50. The molecular weight excluding hydrogens is 190 g/mol. The number of nitrogens with zero attached hydrogens (tertiary/aromatic N) is 1. The van der Waals surface area contributed by atoms with Gasteiger partial charge in [-0.05, 0) is 32.1 Å². The minimum atomic E-state index is 0.117. The summed E-state index contributed by atoms with van der Waals surface area (Å²) in [4.78, 5) is 2.58. The summed E-state index contributed by atoms with van der Waals surface area (Å²) in [6.07, 6.45) is 3.34. The third kappa shape index (κ3) is 2.82. The topological polar surface area (TPSA) is 3.24 Å². The van der Waals surface area contributed by atoms with Crippen LogP contribution in [0.2, 0.25) is 0 Å². The van der Waals surface area contributed by atoms with Gasteiger partial charge in [-0.15, -0.1) is 23.4 Å². The van der Waals surface area contributed by atoms with Crippen LogP contribution in [0.5, 0.6) is 0 Å². The Balaban J connectivity index is 2.20. The van der Waals surface area contributed by atoms with Gasteiger partial charge in [-0.3, -0.25) is 4.90 Å². The number of rotatable bonds is 5. The second-order valence-corrected chi connectivity index (χ2v) is 5.47. The molecule has 72 valence electrons. The molecule has 0 bridgehead atoms. The molecule has 1 rings (SSSR count). The summed E-state index contributed by atoms with van der Waals surface area (Å²) in [6.45, 7) is 6.68. The van der Waals surface area contributed by atoms with E-state index in [0.29, 0.717) is 0 Å². The van der Waals surface area contributed by atoms with Gasteiger partial charge in [0, 0.05) is 17.3 Å². The zero-order chi connectivity index (χ0) is 9.19. The van der Waals surface area contributed by atoms with Crippen LogP contribution < -0.4 is 0 Å². The van der Waals surface area contributed by atoms with E-state index in [2.05, 4.69) is 25.0 Å². The average molecular weight is 208 g/mol. The molecule has 0 spiro atoms. The van der Waals surface area contributed by atoms with Gasteiger partial charge in [0.05, 0.1) is 0 Å². The number of hydrogen-bond donors (Lipinski definition) is 0. The van der Waals surface area contributed by atoms with Crippen LogP contribution in [0.4, 0.5) is 0 Å². The molecule has 1 unspecified atom stereocenters. The van der Waals surface area contributed by atoms with Gasteiger partial charge >= 0.3 is 0 Å². The number of thioether (sulfide) groups is 1. The molecule has 2 atom stereocenters. The van der Waals surface area contributed by atoms with Crippen molar-refractivity contribution in [3.63, 3.8) is 0 Å². The second-order valence-electron chi connectivity index (χ2n) is 3.77. The Labute approximate surface area is 84.8 Å². The molecular formula is C9H18ClNS. The molecule has 0 aliphatic heterocycles. The van der Waals surface area contributed by atoms with E-state index in [0.717, 1.165) is 18.3 Å². The summed E-state index contributed by atoms with van der Waals surface area (Å²) in [6, 6.07) is 0. The maximum absolute atomic E-state index is 6.17. The van der Waals surface area contributed by atoms with Crippen molar-refractivity contribution in [1.29, 1.82) is 0 Å². The van der Waals surface area contributed by atoms with E-state index in [1.54, 1.807) is 0 Å². The SMILES string of the molecule is CCN(CSC)C[C@@H]1CC1(C)Cl. The molecule has 0 radical (unpaired) electrons. The molecule has 1 aliphatic carbocycles. The van der Waals surface area contributed by atoms with Crippen molar-refractivity contribution >= 4 is 23.4 Å². The summed E-state index contributed by atoms with van der Waals surface area (Å²) in [5.41, 5.74) is 0. The first-order valence-corrected chi connectivity index (χ1v) is 6.27. The molecule has 1 aliphatic rings. The monoisotopic (exact) mass is 207 g/mol. The van der Waals surface area contributed by atoms with Crippen molar-refractivity contribution in [2.24, 2.45) is 5.92 Å². The summed E-state index contributed by atoms with van der Waals surface area (Å²) >= 11 is 8.06. The quantitative estimate of drug-likeness (QED) is 0.504. The van der Waals surface area contributed by atoms with E-state index < -0.39 is 0 Å². The number of hydrogen-bond acceptors (Lipinski definition) is 2. The van der Waals surface area contributed by atoms with E-state index in [9.17, 15) is 0 Å². The lowest BCUT2D eigenvalue weighted by Crippen LogP contribution is -2.26. The van der Waals surface area contributed by atoms with Gasteiger partial charge in [0.15, 0.2) is 0 Å². The third-order valence-corrected chi connectivity index (χ3v) is 3.66. The first kappa shape index (κ1) is 10.7. The molecule has 0 saturated heterocycles. The van der Waals surface area contributed by atoms with Crippen LogP contribution in [0.1, 0.15) is 20.3 Å². The highest BCUT2D eigenvalue weighted by molar-refractivity contribution is 7.98. The smallest absolute Gasteiger partial charge is 0.0463 e. The number of alkyl halides is 1. The molecule has 0 aromatic carbocycles. The van der Waals surface area contributed by atoms with Crippen molar-refractivity contribution < 1.29 is 0 Å². The molecule has 1 nitrogen and oxygen atoms in total. The lowest BCUT2D eigenvalue weighted by Gasteiger charge is -2.19. The van der Waals surface area contributed by atoms with Gasteiger partial charge in [-0.1, -0.05) is 6.92 Å². The highest BCUT2D eigenvalue weighted by Crippen LogP contribution is 2.49. The zero-order valence-corrected chi connectivity index (χ0v) is 9.71. The summed E-state index contributed by atoms with van der Waals surface area (Å²) in [7, 11) is 0. The molecule has 0 amide bonds. The fraction of sp³-hybridized carbons (Fsp3) is 1.00. The molecule has 0 N–H and O–H groups in total. The van der Waals surface area contributed by atoms with E-state index in [1.807, 2.05) is 11.8 Å². The normalized spacial score (nSPS) is 34.2. The molecule has 0 aromatic rings. The zero-order valence-electron chi connectivity index (χ0n) is 8.14. The fourth-order valence-corrected chi connectivity index (χ4v) is 2.35. The summed E-state index contributed by atoms with van der Waals surface area (Å²) in [5.74, 6) is 1.87. The lowest BCUT2D eigenvalue weighted by molar-refractivity contribution is 0.320. The molecule has 0 aromatic heterocycles. The van der Waals surface area contributed by atoms with Crippen LogP contribution >= 0.6 is 23.4 Å². The van der Waals surface area contributed by atoms with Crippen LogP contribution in [-0.4, -0.2) is 35.0 Å². The Morgan fingerprint density at radius 2 is 2.25 bits per heavy atom. The maximum Gasteiger partial charge on any atom is 0.0463 e. The Bertz CT molecular complexity index is 149. The number of halogens is 1. The second kappa shape index (κ2) is 4.21. The molecule has 1 fully saturated rings. The van der Waals surface area contributed by atoms with Crippen LogP contribution in [0.25, 0.3) is 0 Å².